The molecule has 4 heteroatoms. The van der Waals surface area contributed by atoms with Crippen LogP contribution >= 0.6 is 0 Å². The van der Waals surface area contributed by atoms with Crippen LogP contribution < -0.4 is 15.0 Å². The molecule has 0 atom stereocenters. The number of nitrogens with two attached hydrogens (primary N) is 1. The highest BCUT2D eigenvalue weighted by Gasteiger charge is 2.13. The van der Waals surface area contributed by atoms with Gasteiger partial charge < -0.3 is 19.7 Å². The summed E-state index contributed by atoms with van der Waals surface area (Å²) in [7, 11) is 0. The standard InChI is InChI=1S/C18H30N2O2/c1-15(2)17-5-4-16(3)14-18(17)22-11-7-19-6-8-20-9-12-21-13-10-20/h4-5,14-15,19H,6-13H2,1-3H3/p+2. The first-order valence-electron chi connectivity index (χ1n) is 8.63. The molecule has 0 aromatic heterocycles. The highest BCUT2D eigenvalue weighted by atomic mass is 16.5. The lowest BCUT2D eigenvalue weighted by atomic mass is 10.0. The molecule has 4 nitrogen and oxygen atoms in total. The predicted molar refractivity (Wildman–Crippen MR) is 88.8 cm³/mol. The van der Waals surface area contributed by atoms with Gasteiger partial charge in [0, 0.05) is 0 Å². The summed E-state index contributed by atoms with van der Waals surface area (Å²) >= 11 is 0. The number of morpholine rings is 1. The van der Waals surface area contributed by atoms with E-state index in [0.717, 1.165) is 45.2 Å². The van der Waals surface area contributed by atoms with E-state index in [4.69, 9.17) is 9.47 Å². The maximum absolute atomic E-state index is 6.01. The van der Waals surface area contributed by atoms with Gasteiger partial charge in [0.25, 0.3) is 0 Å². The lowest BCUT2D eigenvalue weighted by molar-refractivity contribution is -0.919. The van der Waals surface area contributed by atoms with Crippen LogP contribution in [-0.2, 0) is 4.74 Å². The average molecular weight is 308 g/mol. The van der Waals surface area contributed by atoms with Gasteiger partial charge in [0.2, 0.25) is 0 Å². The third-order valence-electron chi connectivity index (χ3n) is 4.27. The fraction of sp³-hybridized carbons (Fsp3) is 0.667. The number of aryl methyl sites for hydroxylation is 1. The SMILES string of the molecule is Cc1ccc(C(C)C)c(OCC[NH2+]CC[NH+]2CCOCC2)c1. The van der Waals surface area contributed by atoms with Crippen molar-refractivity contribution in [2.24, 2.45) is 0 Å². The lowest BCUT2D eigenvalue weighted by Crippen LogP contribution is -3.16. The number of hydrogen-bond acceptors (Lipinski definition) is 2. The Morgan fingerprint density at radius 3 is 2.73 bits per heavy atom. The topological polar surface area (TPSA) is 39.5 Å². The zero-order valence-corrected chi connectivity index (χ0v) is 14.4. The molecule has 1 aromatic rings. The molecule has 1 heterocycles. The summed E-state index contributed by atoms with van der Waals surface area (Å²) < 4.78 is 11.4. The molecule has 1 aromatic carbocycles. The molecule has 1 saturated heterocycles. The molecule has 1 fully saturated rings. The van der Waals surface area contributed by atoms with E-state index in [1.54, 1.807) is 4.90 Å². The van der Waals surface area contributed by atoms with E-state index in [2.05, 4.69) is 44.3 Å². The minimum atomic E-state index is 0.504. The van der Waals surface area contributed by atoms with Gasteiger partial charge >= 0.3 is 0 Å². The van der Waals surface area contributed by atoms with Crippen LogP contribution in [0.2, 0.25) is 0 Å². The largest absolute Gasteiger partial charge is 0.487 e. The third-order valence-corrected chi connectivity index (χ3v) is 4.27. The molecule has 0 saturated carbocycles. The predicted octanol–water partition coefficient (Wildman–Crippen LogP) is -0.0243. The van der Waals surface area contributed by atoms with E-state index in [9.17, 15) is 0 Å². The van der Waals surface area contributed by atoms with Crippen molar-refractivity contribution in [2.45, 2.75) is 26.7 Å². The minimum absolute atomic E-state index is 0.504. The van der Waals surface area contributed by atoms with Gasteiger partial charge in [0.15, 0.2) is 0 Å². The van der Waals surface area contributed by atoms with Crippen molar-refractivity contribution in [1.29, 1.82) is 0 Å². The first-order valence-corrected chi connectivity index (χ1v) is 8.63. The minimum Gasteiger partial charge on any atom is -0.487 e. The van der Waals surface area contributed by atoms with Gasteiger partial charge in [-0.15, -0.1) is 0 Å². The van der Waals surface area contributed by atoms with Crippen LogP contribution in [0.5, 0.6) is 5.75 Å². The van der Waals surface area contributed by atoms with Crippen molar-refractivity contribution in [3.05, 3.63) is 29.3 Å². The van der Waals surface area contributed by atoms with E-state index in [1.165, 1.54) is 24.2 Å². The molecule has 2 rings (SSSR count). The smallest absolute Gasteiger partial charge is 0.137 e. The molecule has 1 aliphatic rings. The summed E-state index contributed by atoms with van der Waals surface area (Å²) in [5, 5.41) is 2.37. The zero-order chi connectivity index (χ0) is 15.8. The summed E-state index contributed by atoms with van der Waals surface area (Å²) in [6.45, 7) is 14.9. The molecule has 0 radical (unpaired) electrons. The molecule has 1 aliphatic heterocycles. The second kappa shape index (κ2) is 9.13. The summed E-state index contributed by atoms with van der Waals surface area (Å²) in [6, 6.07) is 6.52. The van der Waals surface area contributed by atoms with Crippen LogP contribution in [0.15, 0.2) is 18.2 Å². The molecule has 3 N–H and O–H groups in total. The number of hydrogen-bond donors (Lipinski definition) is 2. The van der Waals surface area contributed by atoms with Crippen molar-refractivity contribution in [3.63, 3.8) is 0 Å². The van der Waals surface area contributed by atoms with Crippen molar-refractivity contribution >= 4 is 0 Å². The van der Waals surface area contributed by atoms with Crippen molar-refractivity contribution in [2.75, 3.05) is 52.5 Å². The Morgan fingerprint density at radius 1 is 1.23 bits per heavy atom. The van der Waals surface area contributed by atoms with Gasteiger partial charge in [0.1, 0.15) is 45.1 Å². The summed E-state index contributed by atoms with van der Waals surface area (Å²) in [6.07, 6.45) is 0. The Balaban J connectivity index is 1.65. The van der Waals surface area contributed by atoms with Crippen molar-refractivity contribution in [3.8, 4) is 5.75 Å². The second-order valence-corrected chi connectivity index (χ2v) is 6.52. The van der Waals surface area contributed by atoms with Crippen molar-refractivity contribution in [1.82, 2.24) is 0 Å². The van der Waals surface area contributed by atoms with Gasteiger partial charge in [-0.25, -0.2) is 0 Å². The van der Waals surface area contributed by atoms with Gasteiger partial charge in [-0.2, -0.15) is 0 Å². The number of rotatable bonds is 8. The molecule has 0 spiro atoms. The van der Waals surface area contributed by atoms with Gasteiger partial charge in [-0.05, 0) is 30.0 Å². The Bertz CT molecular complexity index is 443. The summed E-state index contributed by atoms with van der Waals surface area (Å²) in [5.74, 6) is 1.56. The maximum Gasteiger partial charge on any atom is 0.137 e. The molecular formula is C18H32N2O2+2. The van der Waals surface area contributed by atoms with E-state index in [1.807, 2.05) is 0 Å². The Hall–Kier alpha value is -1.10. The van der Waals surface area contributed by atoms with E-state index in [-0.39, 0.29) is 0 Å². The molecule has 124 valence electrons. The van der Waals surface area contributed by atoms with Crippen LogP contribution in [-0.4, -0.2) is 52.5 Å². The molecule has 0 aliphatic carbocycles. The highest BCUT2D eigenvalue weighted by Crippen LogP contribution is 2.27. The zero-order valence-electron chi connectivity index (χ0n) is 14.4. The van der Waals surface area contributed by atoms with Crippen LogP contribution in [0.1, 0.15) is 30.9 Å². The first-order chi connectivity index (χ1) is 10.7. The Morgan fingerprint density at radius 2 is 2.00 bits per heavy atom. The monoisotopic (exact) mass is 308 g/mol. The fourth-order valence-electron chi connectivity index (χ4n) is 2.86. The van der Waals surface area contributed by atoms with Gasteiger partial charge in [-0.1, -0.05) is 26.0 Å². The summed E-state index contributed by atoms with van der Waals surface area (Å²) in [5.41, 5.74) is 2.57. The van der Waals surface area contributed by atoms with E-state index in [0.29, 0.717) is 5.92 Å². The number of quaternary nitrogens is 2. The quantitative estimate of drug-likeness (QED) is 0.663. The Kier molecular flexibility index (Phi) is 7.16. The number of nitrogens with one attached hydrogen (secondary N) is 1. The van der Waals surface area contributed by atoms with E-state index < -0.39 is 0 Å². The lowest BCUT2D eigenvalue weighted by Gasteiger charge is -2.22. The number of ether oxygens (including phenoxy) is 2. The van der Waals surface area contributed by atoms with Crippen LogP contribution in [0.3, 0.4) is 0 Å². The van der Waals surface area contributed by atoms with Crippen LogP contribution in [0.4, 0.5) is 0 Å². The van der Waals surface area contributed by atoms with E-state index >= 15 is 0 Å². The van der Waals surface area contributed by atoms with Crippen molar-refractivity contribution < 1.29 is 19.7 Å². The molecule has 22 heavy (non-hydrogen) atoms. The average Bonchev–Trinajstić information content (AvgIpc) is 2.51. The van der Waals surface area contributed by atoms with Crippen LogP contribution in [0.25, 0.3) is 0 Å². The number of benzene rings is 1. The summed E-state index contributed by atoms with van der Waals surface area (Å²) in [4.78, 5) is 1.67. The Labute approximate surface area is 134 Å². The van der Waals surface area contributed by atoms with Gasteiger partial charge in [-0.3, -0.25) is 0 Å². The maximum atomic E-state index is 6.01. The van der Waals surface area contributed by atoms with Gasteiger partial charge in [0.05, 0.1) is 13.2 Å². The highest BCUT2D eigenvalue weighted by molar-refractivity contribution is 5.39. The molecule has 0 amide bonds. The normalized spacial score (nSPS) is 16.2. The fourth-order valence-corrected chi connectivity index (χ4v) is 2.86. The van der Waals surface area contributed by atoms with Crippen LogP contribution in [0, 0.1) is 6.92 Å². The molecule has 0 unspecified atom stereocenters. The molecule has 0 bridgehead atoms. The third kappa shape index (κ3) is 5.59. The first kappa shape index (κ1) is 17.3. The molecular weight excluding hydrogens is 276 g/mol. The second-order valence-electron chi connectivity index (χ2n) is 6.52.